The van der Waals surface area contributed by atoms with Crippen LogP contribution in [0, 0.1) is 0 Å². The number of sulfonamides is 1. The summed E-state index contributed by atoms with van der Waals surface area (Å²) in [6.07, 6.45) is 1.24. The van der Waals surface area contributed by atoms with Crippen LogP contribution < -0.4 is 15.8 Å². The number of nitrogens with one attached hydrogen (secondary N) is 2. The Bertz CT molecular complexity index is 464. The first-order valence-corrected chi connectivity index (χ1v) is 6.40. The minimum absolute atomic E-state index is 0.0788. The second-order valence-corrected chi connectivity index (χ2v) is 5.28. The fraction of sp³-hybridized carbons (Fsp3) is 0.429. The topological polar surface area (TPSA) is 110 Å². The molecule has 0 fully saturated rings. The maximum Gasteiger partial charge on any atom is 0.213 e. The van der Waals surface area contributed by atoms with E-state index in [1.54, 1.807) is 0 Å². The molecule has 1 heterocycles. The molecule has 0 atom stereocenters. The van der Waals surface area contributed by atoms with Gasteiger partial charge in [-0.1, -0.05) is 11.6 Å². The molecular weight excluding hydrogens is 254 g/mol. The van der Waals surface area contributed by atoms with Gasteiger partial charge in [-0.3, -0.25) is 0 Å². The van der Waals surface area contributed by atoms with Gasteiger partial charge in [0.1, 0.15) is 12.0 Å². The van der Waals surface area contributed by atoms with E-state index in [4.69, 9.17) is 17.3 Å². The van der Waals surface area contributed by atoms with Gasteiger partial charge in [-0.25, -0.2) is 23.1 Å². The Morgan fingerprint density at radius 1 is 1.50 bits per heavy atom. The van der Waals surface area contributed by atoms with Gasteiger partial charge in [-0.2, -0.15) is 0 Å². The first-order valence-electron chi connectivity index (χ1n) is 4.37. The van der Waals surface area contributed by atoms with Crippen LogP contribution in [0.1, 0.15) is 0 Å². The van der Waals surface area contributed by atoms with Crippen LogP contribution in [0.5, 0.6) is 0 Å². The maximum absolute atomic E-state index is 11.1. The van der Waals surface area contributed by atoms with Crippen LogP contribution in [0.3, 0.4) is 0 Å². The average Bonchev–Trinajstić information content (AvgIpc) is 2.24. The van der Waals surface area contributed by atoms with Crippen molar-refractivity contribution in [1.82, 2.24) is 14.7 Å². The van der Waals surface area contributed by atoms with Gasteiger partial charge in [0.2, 0.25) is 10.0 Å². The van der Waals surface area contributed by atoms with E-state index in [9.17, 15) is 8.42 Å². The third kappa shape index (κ3) is 3.47. The SMILES string of the molecule is CNS(=O)(=O)CCNc1ncnc(Cl)c1N. The number of hydrogen-bond acceptors (Lipinski definition) is 6. The zero-order valence-corrected chi connectivity index (χ0v) is 10.1. The molecule has 0 amide bonds. The van der Waals surface area contributed by atoms with Crippen LogP contribution in [0.2, 0.25) is 5.15 Å². The number of halogens is 1. The Labute approximate surface area is 98.5 Å². The van der Waals surface area contributed by atoms with E-state index >= 15 is 0 Å². The molecule has 9 heteroatoms. The van der Waals surface area contributed by atoms with Crippen LogP contribution in [-0.2, 0) is 10.0 Å². The van der Waals surface area contributed by atoms with Gasteiger partial charge in [0, 0.05) is 6.54 Å². The third-order valence-corrected chi connectivity index (χ3v) is 3.47. The Kier molecular flexibility index (Phi) is 4.27. The van der Waals surface area contributed by atoms with E-state index in [1.807, 2.05) is 0 Å². The van der Waals surface area contributed by atoms with Crippen molar-refractivity contribution in [2.24, 2.45) is 0 Å². The second kappa shape index (κ2) is 5.28. The van der Waals surface area contributed by atoms with Crippen molar-refractivity contribution in [2.75, 3.05) is 30.4 Å². The molecule has 0 saturated carbocycles. The molecule has 0 unspecified atom stereocenters. The van der Waals surface area contributed by atoms with Gasteiger partial charge in [-0.05, 0) is 7.05 Å². The number of anilines is 2. The summed E-state index contributed by atoms with van der Waals surface area (Å²) in [6.45, 7) is 0.181. The Hall–Kier alpha value is -1.12. The van der Waals surface area contributed by atoms with Gasteiger partial charge >= 0.3 is 0 Å². The summed E-state index contributed by atoms with van der Waals surface area (Å²) in [5.74, 6) is 0.246. The van der Waals surface area contributed by atoms with Crippen molar-refractivity contribution in [2.45, 2.75) is 0 Å². The molecule has 4 N–H and O–H groups in total. The fourth-order valence-corrected chi connectivity index (χ4v) is 1.63. The fourth-order valence-electron chi connectivity index (χ4n) is 0.921. The standard InChI is InChI=1S/C7H12ClN5O2S/c1-10-16(14,15)3-2-11-7-5(9)6(8)12-4-13-7/h4,10H,2-3,9H2,1H3,(H,11,12,13). The lowest BCUT2D eigenvalue weighted by molar-refractivity contribution is 0.588. The highest BCUT2D eigenvalue weighted by molar-refractivity contribution is 7.89. The number of nitrogens with two attached hydrogens (primary N) is 1. The zero-order chi connectivity index (χ0) is 12.2. The Balaban J connectivity index is 2.59. The van der Waals surface area contributed by atoms with E-state index in [-0.39, 0.29) is 23.1 Å². The van der Waals surface area contributed by atoms with Crippen LogP contribution in [0.25, 0.3) is 0 Å². The monoisotopic (exact) mass is 265 g/mol. The molecule has 0 aliphatic carbocycles. The molecule has 0 aliphatic rings. The average molecular weight is 266 g/mol. The van der Waals surface area contributed by atoms with Crippen LogP contribution in [0.15, 0.2) is 6.33 Å². The number of rotatable bonds is 5. The molecule has 1 rings (SSSR count). The highest BCUT2D eigenvalue weighted by atomic mass is 35.5. The second-order valence-electron chi connectivity index (χ2n) is 2.88. The maximum atomic E-state index is 11.1. The summed E-state index contributed by atoms with van der Waals surface area (Å²) >= 11 is 5.66. The normalized spacial score (nSPS) is 11.4. The van der Waals surface area contributed by atoms with Gasteiger partial charge in [0.15, 0.2) is 11.0 Å². The van der Waals surface area contributed by atoms with Crippen LogP contribution >= 0.6 is 11.6 Å². The molecule has 1 aromatic rings. The molecule has 0 radical (unpaired) electrons. The van der Waals surface area contributed by atoms with Gasteiger partial charge in [-0.15, -0.1) is 0 Å². The summed E-state index contributed by atoms with van der Waals surface area (Å²) in [5.41, 5.74) is 5.78. The predicted molar refractivity (Wildman–Crippen MR) is 62.8 cm³/mol. The predicted octanol–water partition coefficient (Wildman–Crippen LogP) is -0.327. The first kappa shape index (κ1) is 12.9. The van der Waals surface area contributed by atoms with Crippen LogP contribution in [0.4, 0.5) is 11.5 Å². The summed E-state index contributed by atoms with van der Waals surface area (Å²) in [5, 5.41) is 2.90. The van der Waals surface area contributed by atoms with E-state index in [2.05, 4.69) is 20.0 Å². The lowest BCUT2D eigenvalue weighted by Crippen LogP contribution is -2.26. The minimum atomic E-state index is -3.24. The largest absolute Gasteiger partial charge is 0.393 e. The van der Waals surface area contributed by atoms with E-state index in [0.29, 0.717) is 5.82 Å². The van der Waals surface area contributed by atoms with Crippen molar-refractivity contribution in [3.8, 4) is 0 Å². The zero-order valence-electron chi connectivity index (χ0n) is 8.57. The molecule has 0 spiro atoms. The molecule has 7 nitrogen and oxygen atoms in total. The summed E-state index contributed by atoms with van der Waals surface area (Å²) in [4.78, 5) is 7.51. The molecular formula is C7H12ClN5O2S. The molecule has 1 aromatic heterocycles. The highest BCUT2D eigenvalue weighted by Gasteiger charge is 2.08. The van der Waals surface area contributed by atoms with Crippen molar-refractivity contribution in [3.05, 3.63) is 11.5 Å². The molecule has 0 aromatic carbocycles. The molecule has 0 saturated heterocycles. The van der Waals surface area contributed by atoms with Gasteiger partial charge < -0.3 is 11.1 Å². The number of nitrogen functional groups attached to an aromatic ring is 1. The van der Waals surface area contributed by atoms with Gasteiger partial charge in [0.25, 0.3) is 0 Å². The Morgan fingerprint density at radius 2 is 2.19 bits per heavy atom. The van der Waals surface area contributed by atoms with Gasteiger partial charge in [0.05, 0.1) is 5.75 Å². The lowest BCUT2D eigenvalue weighted by Gasteiger charge is -2.08. The molecule has 0 aliphatic heterocycles. The molecule has 0 bridgehead atoms. The smallest absolute Gasteiger partial charge is 0.213 e. The first-order chi connectivity index (χ1) is 7.46. The van der Waals surface area contributed by atoms with E-state index in [0.717, 1.165) is 0 Å². The van der Waals surface area contributed by atoms with Crippen molar-refractivity contribution in [1.29, 1.82) is 0 Å². The van der Waals surface area contributed by atoms with Crippen molar-refractivity contribution >= 4 is 33.1 Å². The molecule has 16 heavy (non-hydrogen) atoms. The van der Waals surface area contributed by atoms with E-state index < -0.39 is 10.0 Å². The minimum Gasteiger partial charge on any atom is -0.393 e. The third-order valence-electron chi connectivity index (χ3n) is 1.81. The number of nitrogens with zero attached hydrogens (tertiary/aromatic N) is 2. The highest BCUT2D eigenvalue weighted by Crippen LogP contribution is 2.21. The lowest BCUT2D eigenvalue weighted by atomic mass is 10.5. The summed E-state index contributed by atoms with van der Waals surface area (Å²) in [7, 11) is -1.89. The van der Waals surface area contributed by atoms with E-state index in [1.165, 1.54) is 13.4 Å². The number of aromatic nitrogens is 2. The Morgan fingerprint density at radius 3 is 2.81 bits per heavy atom. The number of hydrogen-bond donors (Lipinski definition) is 3. The molecule has 90 valence electrons. The van der Waals surface area contributed by atoms with Crippen molar-refractivity contribution in [3.63, 3.8) is 0 Å². The van der Waals surface area contributed by atoms with Crippen LogP contribution in [-0.4, -0.2) is 37.7 Å². The summed E-state index contributed by atoms with van der Waals surface area (Å²) < 4.78 is 24.4. The quantitative estimate of drug-likeness (QED) is 0.629. The van der Waals surface area contributed by atoms with Crippen molar-refractivity contribution < 1.29 is 8.42 Å². The summed E-state index contributed by atoms with van der Waals surface area (Å²) in [6, 6.07) is 0.